The smallest absolute Gasteiger partial charge is 0.338 e. The first-order valence-electron chi connectivity index (χ1n) is 9.65. The lowest BCUT2D eigenvalue weighted by molar-refractivity contribution is 0.0600. The van der Waals surface area contributed by atoms with E-state index in [9.17, 15) is 9.18 Å². The molecule has 0 atom stereocenters. The highest BCUT2D eigenvalue weighted by atomic mass is 32.2. The Bertz CT molecular complexity index is 1220. The highest BCUT2D eigenvalue weighted by Gasteiger charge is 2.19. The first kappa shape index (κ1) is 20.8. The fraction of sp³-hybridized carbons (Fsp3) is 0.125. The zero-order valence-corrected chi connectivity index (χ0v) is 17.9. The number of aryl methyl sites for hydroxylation is 1. The van der Waals surface area contributed by atoms with Crippen molar-refractivity contribution in [2.75, 3.05) is 7.11 Å². The number of nitrogens with zero attached hydrogens (tertiary/aromatic N) is 3. The van der Waals surface area contributed by atoms with Crippen LogP contribution in [0.3, 0.4) is 0 Å². The quantitative estimate of drug-likeness (QED) is 0.298. The summed E-state index contributed by atoms with van der Waals surface area (Å²) in [5, 5.41) is 9.23. The summed E-state index contributed by atoms with van der Waals surface area (Å²) >= 11 is 1.42. The van der Waals surface area contributed by atoms with E-state index in [1.807, 2.05) is 47.9 Å². The third-order valence-electron chi connectivity index (χ3n) is 4.82. The lowest BCUT2D eigenvalue weighted by Gasteiger charge is -2.12. The van der Waals surface area contributed by atoms with Gasteiger partial charge in [-0.05, 0) is 42.8 Å². The minimum Gasteiger partial charge on any atom is -0.465 e. The van der Waals surface area contributed by atoms with E-state index in [1.165, 1.54) is 24.9 Å². The number of rotatable bonds is 6. The number of methoxy groups -OCH3 is 1. The average Bonchev–Trinajstić information content (AvgIpc) is 3.22. The molecule has 0 amide bonds. The highest BCUT2D eigenvalue weighted by molar-refractivity contribution is 7.98. The Labute approximate surface area is 183 Å². The van der Waals surface area contributed by atoms with Gasteiger partial charge in [0.05, 0.1) is 18.2 Å². The van der Waals surface area contributed by atoms with Crippen molar-refractivity contribution < 1.29 is 13.9 Å². The van der Waals surface area contributed by atoms with Crippen molar-refractivity contribution in [3.63, 3.8) is 0 Å². The molecular weight excluding hydrogens is 413 g/mol. The zero-order chi connectivity index (χ0) is 21.8. The Balaban J connectivity index is 1.75. The maximum atomic E-state index is 14.5. The van der Waals surface area contributed by atoms with Crippen LogP contribution in [0.25, 0.3) is 17.1 Å². The molecule has 7 heteroatoms. The Hall–Kier alpha value is -3.45. The van der Waals surface area contributed by atoms with Crippen LogP contribution in [0.1, 0.15) is 21.5 Å². The lowest BCUT2D eigenvalue weighted by atomic mass is 10.1. The van der Waals surface area contributed by atoms with E-state index in [1.54, 1.807) is 30.3 Å². The number of halogens is 1. The van der Waals surface area contributed by atoms with Gasteiger partial charge in [-0.3, -0.25) is 4.57 Å². The molecular formula is C24H20FN3O2S. The van der Waals surface area contributed by atoms with Crippen LogP contribution in [0.15, 0.2) is 78.0 Å². The summed E-state index contributed by atoms with van der Waals surface area (Å²) in [4.78, 5) is 12.1. The number of hydrogen-bond acceptors (Lipinski definition) is 5. The molecule has 0 N–H and O–H groups in total. The number of ether oxygens (including phenoxy) is 1. The van der Waals surface area contributed by atoms with Gasteiger partial charge in [-0.25, -0.2) is 9.18 Å². The van der Waals surface area contributed by atoms with Crippen LogP contribution in [0.5, 0.6) is 0 Å². The molecule has 0 aliphatic carbocycles. The van der Waals surface area contributed by atoms with E-state index in [2.05, 4.69) is 10.2 Å². The topological polar surface area (TPSA) is 57.0 Å². The first-order valence-corrected chi connectivity index (χ1v) is 10.6. The fourth-order valence-corrected chi connectivity index (χ4v) is 4.16. The zero-order valence-electron chi connectivity index (χ0n) is 17.1. The average molecular weight is 434 g/mol. The third kappa shape index (κ3) is 4.36. The Morgan fingerprint density at radius 3 is 2.45 bits per heavy atom. The normalized spacial score (nSPS) is 10.8. The van der Waals surface area contributed by atoms with E-state index < -0.39 is 0 Å². The molecule has 1 aromatic heterocycles. The van der Waals surface area contributed by atoms with Crippen molar-refractivity contribution in [1.29, 1.82) is 0 Å². The van der Waals surface area contributed by atoms with Crippen LogP contribution in [0, 0.1) is 12.7 Å². The van der Waals surface area contributed by atoms with Gasteiger partial charge in [0, 0.05) is 11.4 Å². The second kappa shape index (κ2) is 9.14. The van der Waals surface area contributed by atoms with Crippen molar-refractivity contribution in [3.05, 3.63) is 95.3 Å². The molecule has 0 aliphatic rings. The van der Waals surface area contributed by atoms with Crippen molar-refractivity contribution in [2.45, 2.75) is 17.8 Å². The van der Waals surface area contributed by atoms with Gasteiger partial charge in [-0.2, -0.15) is 0 Å². The maximum absolute atomic E-state index is 14.5. The van der Waals surface area contributed by atoms with Crippen molar-refractivity contribution in [2.24, 2.45) is 0 Å². The number of esters is 1. The van der Waals surface area contributed by atoms with Gasteiger partial charge < -0.3 is 4.74 Å². The van der Waals surface area contributed by atoms with Crippen LogP contribution < -0.4 is 0 Å². The summed E-state index contributed by atoms with van der Waals surface area (Å²) in [5.41, 5.74) is 3.65. The molecule has 4 aromatic rings. The molecule has 0 radical (unpaired) electrons. The minimum atomic E-state index is -0.386. The van der Waals surface area contributed by atoms with Crippen LogP contribution in [-0.4, -0.2) is 27.8 Å². The molecule has 0 aliphatic heterocycles. The first-order chi connectivity index (χ1) is 15.1. The molecule has 5 nitrogen and oxygen atoms in total. The molecule has 0 bridgehead atoms. The van der Waals surface area contributed by atoms with Crippen molar-refractivity contribution >= 4 is 17.7 Å². The van der Waals surface area contributed by atoms with Gasteiger partial charge in [-0.15, -0.1) is 10.2 Å². The maximum Gasteiger partial charge on any atom is 0.338 e. The van der Waals surface area contributed by atoms with Gasteiger partial charge in [0.2, 0.25) is 0 Å². The van der Waals surface area contributed by atoms with Crippen LogP contribution in [-0.2, 0) is 10.5 Å². The molecule has 3 aromatic carbocycles. The summed E-state index contributed by atoms with van der Waals surface area (Å²) in [6.45, 7) is 2.01. The van der Waals surface area contributed by atoms with Gasteiger partial charge in [0.1, 0.15) is 5.82 Å². The highest BCUT2D eigenvalue weighted by Crippen LogP contribution is 2.31. The molecule has 0 unspecified atom stereocenters. The number of thioether (sulfide) groups is 1. The molecule has 0 fully saturated rings. The van der Waals surface area contributed by atoms with Crippen molar-refractivity contribution in [3.8, 4) is 17.1 Å². The SMILES string of the molecule is COC(=O)c1ccccc1CSc1nnc(-c2ccccc2F)n1-c1ccc(C)cc1. The molecule has 4 rings (SSSR count). The number of hydrogen-bond donors (Lipinski definition) is 0. The van der Waals surface area contributed by atoms with E-state index in [0.717, 1.165) is 16.8 Å². The standard InChI is InChI=1S/C24H20FN3O2S/c1-16-11-13-18(14-12-16)28-22(20-9-5-6-10-21(20)25)26-27-24(28)31-15-17-7-3-4-8-19(17)23(29)30-2/h3-14H,15H2,1-2H3. The molecule has 1 heterocycles. The predicted octanol–water partition coefficient (Wildman–Crippen LogP) is 5.46. The Kier molecular flexibility index (Phi) is 6.13. The second-order valence-electron chi connectivity index (χ2n) is 6.89. The largest absolute Gasteiger partial charge is 0.465 e. The van der Waals surface area contributed by atoms with Crippen LogP contribution in [0.2, 0.25) is 0 Å². The van der Waals surface area contributed by atoms with E-state index >= 15 is 0 Å². The molecule has 0 saturated heterocycles. The summed E-state index contributed by atoms with van der Waals surface area (Å²) in [5.74, 6) is 0.150. The van der Waals surface area contributed by atoms with E-state index in [0.29, 0.717) is 27.9 Å². The van der Waals surface area contributed by atoms with Gasteiger partial charge in [0.15, 0.2) is 11.0 Å². The number of benzene rings is 3. The fourth-order valence-electron chi connectivity index (χ4n) is 3.20. The summed E-state index contributed by atoms with van der Waals surface area (Å²) in [6, 6.07) is 21.7. The molecule has 0 spiro atoms. The van der Waals surface area contributed by atoms with Gasteiger partial charge in [0.25, 0.3) is 0 Å². The number of carbonyl (C=O) groups is 1. The summed E-state index contributed by atoms with van der Waals surface area (Å²) in [7, 11) is 1.36. The second-order valence-corrected chi connectivity index (χ2v) is 7.84. The third-order valence-corrected chi connectivity index (χ3v) is 5.80. The number of carbonyl (C=O) groups excluding carboxylic acids is 1. The molecule has 31 heavy (non-hydrogen) atoms. The van der Waals surface area contributed by atoms with Crippen molar-refractivity contribution in [1.82, 2.24) is 14.8 Å². The monoisotopic (exact) mass is 433 g/mol. The number of aromatic nitrogens is 3. The molecule has 0 saturated carbocycles. The van der Waals surface area contributed by atoms with Crippen LogP contribution >= 0.6 is 11.8 Å². The predicted molar refractivity (Wildman–Crippen MR) is 119 cm³/mol. The molecule has 156 valence electrons. The summed E-state index contributed by atoms with van der Waals surface area (Å²) in [6.07, 6.45) is 0. The van der Waals surface area contributed by atoms with Crippen LogP contribution in [0.4, 0.5) is 4.39 Å². The van der Waals surface area contributed by atoms with E-state index in [-0.39, 0.29) is 11.8 Å². The summed E-state index contributed by atoms with van der Waals surface area (Å²) < 4.78 is 21.3. The minimum absolute atomic E-state index is 0.365. The van der Waals surface area contributed by atoms with Gasteiger partial charge in [-0.1, -0.05) is 59.8 Å². The Morgan fingerprint density at radius 2 is 1.71 bits per heavy atom. The Morgan fingerprint density at radius 1 is 1.00 bits per heavy atom. The lowest BCUT2D eigenvalue weighted by Crippen LogP contribution is -2.05. The van der Waals surface area contributed by atoms with E-state index in [4.69, 9.17) is 4.74 Å². The van der Waals surface area contributed by atoms with Gasteiger partial charge >= 0.3 is 5.97 Å².